The molecule has 0 aliphatic rings. The second-order valence-corrected chi connectivity index (χ2v) is 5.66. The number of carbonyl (C=O) groups excluding carboxylic acids is 1. The van der Waals surface area contributed by atoms with Gasteiger partial charge in [-0.2, -0.15) is 0 Å². The van der Waals surface area contributed by atoms with Crippen LogP contribution in [0.5, 0.6) is 5.75 Å². The molecule has 1 N–H and O–H groups in total. The highest BCUT2D eigenvalue weighted by atomic mass is 16.5. The van der Waals surface area contributed by atoms with E-state index in [1.807, 2.05) is 69.3 Å². The van der Waals surface area contributed by atoms with Crippen LogP contribution in [-0.2, 0) is 4.79 Å². The zero-order valence-electron chi connectivity index (χ0n) is 13.6. The summed E-state index contributed by atoms with van der Waals surface area (Å²) >= 11 is 0. The van der Waals surface area contributed by atoms with Gasteiger partial charge in [0.15, 0.2) is 6.10 Å². The average Bonchev–Trinajstić information content (AvgIpc) is 2.49. The predicted molar refractivity (Wildman–Crippen MR) is 89.0 cm³/mol. The van der Waals surface area contributed by atoms with Gasteiger partial charge in [-0.15, -0.1) is 0 Å². The maximum absolute atomic E-state index is 12.3. The lowest BCUT2D eigenvalue weighted by atomic mass is 10.0. The van der Waals surface area contributed by atoms with Crippen molar-refractivity contribution < 1.29 is 9.53 Å². The molecule has 22 heavy (non-hydrogen) atoms. The number of amides is 1. The summed E-state index contributed by atoms with van der Waals surface area (Å²) < 4.78 is 5.69. The van der Waals surface area contributed by atoms with Gasteiger partial charge in [0.1, 0.15) is 5.75 Å². The SMILES string of the molecule is Cc1ccc(OC(C)C(=O)NC(C)c2ccccc2C)cc1. The van der Waals surface area contributed by atoms with E-state index in [4.69, 9.17) is 4.74 Å². The van der Waals surface area contributed by atoms with Crippen molar-refractivity contribution >= 4 is 5.91 Å². The number of nitrogens with one attached hydrogen (secondary N) is 1. The molecule has 0 aromatic heterocycles. The number of hydrogen-bond donors (Lipinski definition) is 1. The van der Waals surface area contributed by atoms with Crippen molar-refractivity contribution in [1.29, 1.82) is 0 Å². The third kappa shape index (κ3) is 4.10. The van der Waals surface area contributed by atoms with Gasteiger partial charge in [-0.25, -0.2) is 0 Å². The summed E-state index contributed by atoms with van der Waals surface area (Å²) in [5.41, 5.74) is 3.46. The lowest BCUT2D eigenvalue weighted by Gasteiger charge is -2.20. The minimum absolute atomic E-state index is 0.0437. The molecule has 0 fully saturated rings. The maximum Gasteiger partial charge on any atom is 0.261 e. The zero-order chi connectivity index (χ0) is 16.1. The first kappa shape index (κ1) is 16.1. The molecule has 2 rings (SSSR count). The van der Waals surface area contributed by atoms with Gasteiger partial charge in [0, 0.05) is 0 Å². The number of ether oxygens (including phenoxy) is 1. The van der Waals surface area contributed by atoms with Crippen LogP contribution in [-0.4, -0.2) is 12.0 Å². The Labute approximate surface area is 132 Å². The molecule has 0 spiro atoms. The molecule has 2 atom stereocenters. The van der Waals surface area contributed by atoms with Crippen LogP contribution in [0.15, 0.2) is 48.5 Å². The van der Waals surface area contributed by atoms with Crippen LogP contribution < -0.4 is 10.1 Å². The minimum atomic E-state index is -0.533. The lowest BCUT2D eigenvalue weighted by Crippen LogP contribution is -2.37. The van der Waals surface area contributed by atoms with E-state index in [0.29, 0.717) is 5.75 Å². The van der Waals surface area contributed by atoms with Crippen molar-refractivity contribution in [2.24, 2.45) is 0 Å². The van der Waals surface area contributed by atoms with E-state index in [2.05, 4.69) is 5.32 Å². The van der Waals surface area contributed by atoms with Gasteiger partial charge < -0.3 is 10.1 Å². The normalized spacial score (nSPS) is 13.3. The van der Waals surface area contributed by atoms with Crippen molar-refractivity contribution in [3.63, 3.8) is 0 Å². The Balaban J connectivity index is 1.96. The molecule has 0 aliphatic heterocycles. The van der Waals surface area contributed by atoms with Gasteiger partial charge in [0.05, 0.1) is 6.04 Å². The maximum atomic E-state index is 12.3. The van der Waals surface area contributed by atoms with E-state index in [9.17, 15) is 4.79 Å². The van der Waals surface area contributed by atoms with Gasteiger partial charge in [-0.1, -0.05) is 42.0 Å². The third-order valence-corrected chi connectivity index (χ3v) is 3.72. The van der Waals surface area contributed by atoms with Crippen molar-refractivity contribution in [3.8, 4) is 5.75 Å². The summed E-state index contributed by atoms with van der Waals surface area (Å²) in [5.74, 6) is 0.591. The van der Waals surface area contributed by atoms with Gasteiger partial charge in [0.25, 0.3) is 5.91 Å². The number of rotatable bonds is 5. The van der Waals surface area contributed by atoms with Crippen LogP contribution in [0.25, 0.3) is 0 Å². The number of benzene rings is 2. The molecule has 0 aliphatic carbocycles. The van der Waals surface area contributed by atoms with Crippen LogP contribution in [0.3, 0.4) is 0 Å². The Bertz CT molecular complexity index is 634. The summed E-state index contributed by atoms with van der Waals surface area (Å²) in [6.07, 6.45) is -0.533. The summed E-state index contributed by atoms with van der Waals surface area (Å²) in [4.78, 5) is 12.3. The highest BCUT2D eigenvalue weighted by Crippen LogP contribution is 2.18. The highest BCUT2D eigenvalue weighted by molar-refractivity contribution is 5.81. The summed E-state index contributed by atoms with van der Waals surface area (Å²) in [7, 11) is 0. The fourth-order valence-corrected chi connectivity index (χ4v) is 2.36. The van der Waals surface area contributed by atoms with Crippen molar-refractivity contribution in [3.05, 3.63) is 65.2 Å². The molecule has 0 radical (unpaired) electrons. The molecular weight excluding hydrogens is 274 g/mol. The molecular formula is C19H23NO2. The van der Waals surface area contributed by atoms with E-state index in [-0.39, 0.29) is 11.9 Å². The Morgan fingerprint density at radius 1 is 1.00 bits per heavy atom. The monoisotopic (exact) mass is 297 g/mol. The van der Waals surface area contributed by atoms with Crippen LogP contribution in [0.4, 0.5) is 0 Å². The standard InChI is InChI=1S/C19H23NO2/c1-13-9-11-17(12-10-13)22-16(4)19(21)20-15(3)18-8-6-5-7-14(18)2/h5-12,15-16H,1-4H3,(H,20,21). The topological polar surface area (TPSA) is 38.3 Å². The molecule has 0 saturated carbocycles. The number of hydrogen-bond acceptors (Lipinski definition) is 2. The second-order valence-electron chi connectivity index (χ2n) is 5.66. The Kier molecular flexibility index (Phi) is 5.21. The van der Waals surface area contributed by atoms with Crippen LogP contribution >= 0.6 is 0 Å². The first-order valence-corrected chi connectivity index (χ1v) is 7.56. The van der Waals surface area contributed by atoms with Crippen molar-refractivity contribution in [1.82, 2.24) is 5.32 Å². The quantitative estimate of drug-likeness (QED) is 0.907. The molecule has 116 valence electrons. The Morgan fingerprint density at radius 3 is 2.27 bits per heavy atom. The smallest absolute Gasteiger partial charge is 0.261 e. The van der Waals surface area contributed by atoms with E-state index in [0.717, 1.165) is 11.1 Å². The fourth-order valence-electron chi connectivity index (χ4n) is 2.36. The summed E-state index contributed by atoms with van der Waals surface area (Å²) in [6, 6.07) is 15.7. The molecule has 3 nitrogen and oxygen atoms in total. The van der Waals surface area contributed by atoms with Gasteiger partial charge in [-0.3, -0.25) is 4.79 Å². The van der Waals surface area contributed by atoms with Crippen molar-refractivity contribution in [2.45, 2.75) is 39.8 Å². The first-order valence-electron chi connectivity index (χ1n) is 7.56. The van der Waals surface area contributed by atoms with Gasteiger partial charge in [0.2, 0.25) is 0 Å². The molecule has 1 amide bonds. The largest absolute Gasteiger partial charge is 0.481 e. The highest BCUT2D eigenvalue weighted by Gasteiger charge is 2.18. The lowest BCUT2D eigenvalue weighted by molar-refractivity contribution is -0.127. The van der Waals surface area contributed by atoms with E-state index < -0.39 is 6.10 Å². The summed E-state index contributed by atoms with van der Waals surface area (Å²) in [6.45, 7) is 7.81. The molecule has 2 aromatic rings. The van der Waals surface area contributed by atoms with Crippen LogP contribution in [0.2, 0.25) is 0 Å². The molecule has 2 aromatic carbocycles. The van der Waals surface area contributed by atoms with Crippen LogP contribution in [0.1, 0.15) is 36.6 Å². The average molecular weight is 297 g/mol. The van der Waals surface area contributed by atoms with Crippen molar-refractivity contribution in [2.75, 3.05) is 0 Å². The second kappa shape index (κ2) is 7.12. The molecule has 0 saturated heterocycles. The molecule has 3 heteroatoms. The fraction of sp³-hybridized carbons (Fsp3) is 0.316. The van der Waals surface area contributed by atoms with Gasteiger partial charge in [-0.05, 0) is 51.0 Å². The molecule has 2 unspecified atom stereocenters. The number of aryl methyl sites for hydroxylation is 2. The van der Waals surface area contributed by atoms with E-state index >= 15 is 0 Å². The zero-order valence-corrected chi connectivity index (χ0v) is 13.6. The molecule has 0 bridgehead atoms. The van der Waals surface area contributed by atoms with Crippen LogP contribution in [0, 0.1) is 13.8 Å². The number of carbonyl (C=O) groups is 1. The minimum Gasteiger partial charge on any atom is -0.481 e. The Morgan fingerprint density at radius 2 is 1.64 bits per heavy atom. The van der Waals surface area contributed by atoms with E-state index in [1.165, 1.54) is 5.56 Å². The third-order valence-electron chi connectivity index (χ3n) is 3.72. The molecule has 0 heterocycles. The van der Waals surface area contributed by atoms with Gasteiger partial charge >= 0.3 is 0 Å². The van der Waals surface area contributed by atoms with E-state index in [1.54, 1.807) is 6.92 Å². The summed E-state index contributed by atoms with van der Waals surface area (Å²) in [5, 5.41) is 3.00. The Hall–Kier alpha value is -2.29. The first-order chi connectivity index (χ1) is 10.5. The predicted octanol–water partition coefficient (Wildman–Crippen LogP) is 3.95.